The van der Waals surface area contributed by atoms with Crippen LogP contribution in [0.3, 0.4) is 0 Å². The molecule has 2 rings (SSSR count). The van der Waals surface area contributed by atoms with Gasteiger partial charge < -0.3 is 20.1 Å². The molecule has 22 heavy (non-hydrogen) atoms. The van der Waals surface area contributed by atoms with E-state index in [9.17, 15) is 9.59 Å². The van der Waals surface area contributed by atoms with Crippen molar-refractivity contribution in [2.75, 3.05) is 19.0 Å². The number of nitrogens with one attached hydrogen (secondary N) is 2. The minimum Gasteiger partial charge on any atom is -0.465 e. The molecule has 0 saturated heterocycles. The molecule has 2 heterocycles. The molecule has 1 amide bonds. The van der Waals surface area contributed by atoms with Gasteiger partial charge in [0.05, 0.1) is 30.1 Å². The first-order valence-corrected chi connectivity index (χ1v) is 7.09. The fourth-order valence-corrected chi connectivity index (χ4v) is 2.15. The van der Waals surface area contributed by atoms with E-state index in [1.54, 1.807) is 6.07 Å². The fourth-order valence-electron chi connectivity index (χ4n) is 2.15. The van der Waals surface area contributed by atoms with Crippen LogP contribution in [0.25, 0.3) is 0 Å². The van der Waals surface area contributed by atoms with Crippen LogP contribution in [0.15, 0.2) is 12.3 Å². The molecule has 1 unspecified atom stereocenters. The van der Waals surface area contributed by atoms with Gasteiger partial charge in [-0.05, 0) is 26.8 Å². The van der Waals surface area contributed by atoms with Gasteiger partial charge >= 0.3 is 12.1 Å². The standard InChI is InChI=1S/C15H21N3O4/c1-15(2,3)22-14(20)18-10-6-12-11(17-8-10)5-9(7-16-12)13(19)21-4/h5,7,10,17H,6,8H2,1-4H3,(H,18,20). The number of methoxy groups -OCH3 is 1. The van der Waals surface area contributed by atoms with Crippen molar-refractivity contribution in [2.45, 2.75) is 38.8 Å². The second kappa shape index (κ2) is 6.21. The van der Waals surface area contributed by atoms with Crippen LogP contribution < -0.4 is 10.6 Å². The Balaban J connectivity index is 2.00. The van der Waals surface area contributed by atoms with Crippen molar-refractivity contribution in [3.63, 3.8) is 0 Å². The molecule has 1 aromatic heterocycles. The van der Waals surface area contributed by atoms with Crippen LogP contribution in [-0.4, -0.2) is 42.3 Å². The molecule has 1 aliphatic rings. The minimum atomic E-state index is -0.530. The molecule has 0 fully saturated rings. The van der Waals surface area contributed by atoms with Crippen LogP contribution in [0.1, 0.15) is 36.8 Å². The van der Waals surface area contributed by atoms with Crippen molar-refractivity contribution >= 4 is 17.7 Å². The Hall–Kier alpha value is -2.31. The highest BCUT2D eigenvalue weighted by atomic mass is 16.6. The lowest BCUT2D eigenvalue weighted by atomic mass is 10.0. The second-order valence-electron chi connectivity index (χ2n) is 6.14. The topological polar surface area (TPSA) is 89.5 Å². The summed E-state index contributed by atoms with van der Waals surface area (Å²) >= 11 is 0. The second-order valence-corrected chi connectivity index (χ2v) is 6.14. The number of carbonyl (C=O) groups is 2. The van der Waals surface area contributed by atoms with Gasteiger partial charge in [-0.2, -0.15) is 0 Å². The lowest BCUT2D eigenvalue weighted by Crippen LogP contribution is -2.45. The third-order valence-electron chi connectivity index (χ3n) is 3.09. The van der Waals surface area contributed by atoms with Crippen LogP contribution in [0, 0.1) is 0 Å². The molecule has 0 aliphatic carbocycles. The van der Waals surface area contributed by atoms with Crippen molar-refractivity contribution < 1.29 is 19.1 Å². The van der Waals surface area contributed by atoms with Crippen LogP contribution in [0.4, 0.5) is 10.5 Å². The van der Waals surface area contributed by atoms with E-state index in [1.165, 1.54) is 13.3 Å². The van der Waals surface area contributed by atoms with E-state index in [0.29, 0.717) is 18.5 Å². The van der Waals surface area contributed by atoms with Crippen LogP contribution >= 0.6 is 0 Å². The summed E-state index contributed by atoms with van der Waals surface area (Å²) in [7, 11) is 1.33. The number of esters is 1. The minimum absolute atomic E-state index is 0.112. The third kappa shape index (κ3) is 4.09. The lowest BCUT2D eigenvalue weighted by molar-refractivity contribution is 0.0505. The number of alkyl carbamates (subject to hydrolysis) is 1. The van der Waals surface area contributed by atoms with E-state index >= 15 is 0 Å². The maximum Gasteiger partial charge on any atom is 0.407 e. The molecule has 7 nitrogen and oxygen atoms in total. The normalized spacial score (nSPS) is 17.0. The zero-order valence-electron chi connectivity index (χ0n) is 13.2. The Bertz CT molecular complexity index is 581. The SMILES string of the molecule is COC(=O)c1cnc2c(c1)NCC(NC(=O)OC(C)(C)C)C2. The lowest BCUT2D eigenvalue weighted by Gasteiger charge is -2.28. The van der Waals surface area contributed by atoms with Crippen LogP contribution in [-0.2, 0) is 15.9 Å². The molecule has 0 saturated carbocycles. The molecular formula is C15H21N3O4. The van der Waals surface area contributed by atoms with E-state index in [1.807, 2.05) is 20.8 Å². The third-order valence-corrected chi connectivity index (χ3v) is 3.09. The Labute approximate surface area is 129 Å². The largest absolute Gasteiger partial charge is 0.465 e. The van der Waals surface area contributed by atoms with E-state index < -0.39 is 17.7 Å². The van der Waals surface area contributed by atoms with Gasteiger partial charge in [0.1, 0.15) is 5.60 Å². The number of hydrogen-bond acceptors (Lipinski definition) is 6. The van der Waals surface area contributed by atoms with Gasteiger partial charge in [0, 0.05) is 19.2 Å². The number of anilines is 1. The number of nitrogens with zero attached hydrogens (tertiary/aromatic N) is 1. The summed E-state index contributed by atoms with van der Waals surface area (Å²) in [6.45, 7) is 5.99. The number of pyridine rings is 1. The summed E-state index contributed by atoms with van der Waals surface area (Å²) in [5.41, 5.74) is 1.44. The molecule has 0 bridgehead atoms. The molecule has 2 N–H and O–H groups in total. The summed E-state index contributed by atoms with van der Waals surface area (Å²) in [6.07, 6.45) is 1.60. The first kappa shape index (κ1) is 16.1. The Morgan fingerprint density at radius 3 is 2.77 bits per heavy atom. The number of carbonyl (C=O) groups excluding carboxylic acids is 2. The molecule has 0 spiro atoms. The van der Waals surface area contributed by atoms with Gasteiger partial charge in [-0.3, -0.25) is 4.98 Å². The van der Waals surface area contributed by atoms with Crippen molar-refractivity contribution in [2.24, 2.45) is 0 Å². The first-order valence-electron chi connectivity index (χ1n) is 7.09. The number of amides is 1. The quantitative estimate of drug-likeness (QED) is 0.809. The highest BCUT2D eigenvalue weighted by Crippen LogP contribution is 2.21. The van der Waals surface area contributed by atoms with Gasteiger partial charge in [0.25, 0.3) is 0 Å². The first-order chi connectivity index (χ1) is 10.3. The Morgan fingerprint density at radius 2 is 2.14 bits per heavy atom. The molecule has 7 heteroatoms. The van der Waals surface area contributed by atoms with Crippen LogP contribution in [0.2, 0.25) is 0 Å². The maximum atomic E-state index is 11.8. The Morgan fingerprint density at radius 1 is 1.41 bits per heavy atom. The zero-order valence-corrected chi connectivity index (χ0v) is 13.2. The van der Waals surface area contributed by atoms with Gasteiger partial charge in [-0.1, -0.05) is 0 Å². The predicted octanol–water partition coefficient (Wildman–Crippen LogP) is 1.73. The van der Waals surface area contributed by atoms with E-state index in [-0.39, 0.29) is 6.04 Å². The van der Waals surface area contributed by atoms with Gasteiger partial charge in [-0.25, -0.2) is 9.59 Å². The van der Waals surface area contributed by atoms with Gasteiger partial charge in [0.15, 0.2) is 0 Å². The van der Waals surface area contributed by atoms with Crippen molar-refractivity contribution in [3.05, 3.63) is 23.5 Å². The molecule has 1 aromatic rings. The monoisotopic (exact) mass is 307 g/mol. The van der Waals surface area contributed by atoms with Crippen molar-refractivity contribution in [1.82, 2.24) is 10.3 Å². The molecule has 0 aromatic carbocycles. The average Bonchev–Trinajstić information content (AvgIpc) is 2.43. The van der Waals surface area contributed by atoms with Crippen molar-refractivity contribution in [1.29, 1.82) is 0 Å². The Kier molecular flexibility index (Phi) is 4.54. The number of aromatic nitrogens is 1. The number of fused-ring (bicyclic) bond motifs is 1. The van der Waals surface area contributed by atoms with E-state index in [4.69, 9.17) is 4.74 Å². The van der Waals surface area contributed by atoms with E-state index in [0.717, 1.165) is 11.4 Å². The molecule has 1 aliphatic heterocycles. The van der Waals surface area contributed by atoms with Crippen molar-refractivity contribution in [3.8, 4) is 0 Å². The summed E-state index contributed by atoms with van der Waals surface area (Å²) in [5, 5.41) is 5.97. The molecular weight excluding hydrogens is 286 g/mol. The maximum absolute atomic E-state index is 11.8. The van der Waals surface area contributed by atoms with Gasteiger partial charge in [0.2, 0.25) is 0 Å². The summed E-state index contributed by atoms with van der Waals surface area (Å²) in [4.78, 5) is 27.5. The molecule has 120 valence electrons. The smallest absolute Gasteiger partial charge is 0.407 e. The average molecular weight is 307 g/mol. The number of hydrogen-bond donors (Lipinski definition) is 2. The highest BCUT2D eigenvalue weighted by molar-refractivity contribution is 5.90. The summed E-state index contributed by atoms with van der Waals surface area (Å²) in [6, 6.07) is 1.59. The van der Waals surface area contributed by atoms with E-state index in [2.05, 4.69) is 20.4 Å². The summed E-state index contributed by atoms with van der Waals surface area (Å²) in [5.74, 6) is -0.425. The molecule has 1 atom stereocenters. The molecule has 0 radical (unpaired) electrons. The number of rotatable bonds is 2. The number of ether oxygens (including phenoxy) is 2. The fraction of sp³-hybridized carbons (Fsp3) is 0.533. The zero-order chi connectivity index (χ0) is 16.3. The highest BCUT2D eigenvalue weighted by Gasteiger charge is 2.24. The van der Waals surface area contributed by atoms with Gasteiger partial charge in [-0.15, -0.1) is 0 Å². The predicted molar refractivity (Wildman–Crippen MR) is 80.9 cm³/mol. The van der Waals surface area contributed by atoms with Crippen LogP contribution in [0.5, 0.6) is 0 Å². The summed E-state index contributed by atoms with van der Waals surface area (Å²) < 4.78 is 9.90.